The summed E-state index contributed by atoms with van der Waals surface area (Å²) >= 11 is 5.76. The summed E-state index contributed by atoms with van der Waals surface area (Å²) in [5.41, 5.74) is 1.37. The zero-order valence-electron chi connectivity index (χ0n) is 16.5. The number of amides is 1. The van der Waals surface area contributed by atoms with Crippen LogP contribution in [0.25, 0.3) is 0 Å². The molecule has 1 aromatic rings. The van der Waals surface area contributed by atoms with Gasteiger partial charge in [-0.3, -0.25) is 4.79 Å². The predicted molar refractivity (Wildman–Crippen MR) is 109 cm³/mol. The zero-order chi connectivity index (χ0) is 21.2. The van der Waals surface area contributed by atoms with Gasteiger partial charge >= 0.3 is 5.97 Å². The third-order valence-corrected chi connectivity index (χ3v) is 5.69. The van der Waals surface area contributed by atoms with Crippen molar-refractivity contribution in [3.63, 3.8) is 0 Å². The number of carbonyl (C=O) groups excluding carboxylic acids is 1. The fourth-order valence-electron chi connectivity index (χ4n) is 3.42. The van der Waals surface area contributed by atoms with E-state index in [1.165, 1.54) is 6.08 Å². The van der Waals surface area contributed by atoms with E-state index in [0.29, 0.717) is 0 Å². The lowest BCUT2D eigenvalue weighted by Crippen LogP contribution is -2.45. The molecule has 0 saturated heterocycles. The highest BCUT2D eigenvalue weighted by Crippen LogP contribution is 2.45. The highest BCUT2D eigenvalue weighted by atomic mass is 35.5. The summed E-state index contributed by atoms with van der Waals surface area (Å²) in [7, 11) is 0. The Morgan fingerprint density at radius 2 is 1.93 bits per heavy atom. The zero-order valence-corrected chi connectivity index (χ0v) is 17.2. The van der Waals surface area contributed by atoms with E-state index >= 15 is 0 Å². The topological polar surface area (TPSA) is 75.6 Å². The second kappa shape index (κ2) is 8.67. The average Bonchev–Trinajstić information content (AvgIpc) is 3.45. The van der Waals surface area contributed by atoms with Crippen molar-refractivity contribution in [3.8, 4) is 0 Å². The van der Waals surface area contributed by atoms with E-state index in [9.17, 15) is 14.0 Å². The van der Waals surface area contributed by atoms with E-state index in [0.717, 1.165) is 24.0 Å². The van der Waals surface area contributed by atoms with Gasteiger partial charge in [0, 0.05) is 6.42 Å². The molecular weight excluding hydrogens is 397 g/mol. The largest absolute Gasteiger partial charge is 0.478 e. The Labute approximate surface area is 174 Å². The van der Waals surface area contributed by atoms with E-state index in [1.54, 1.807) is 30.3 Å². The van der Waals surface area contributed by atoms with Gasteiger partial charge in [-0.15, -0.1) is 0 Å². The van der Waals surface area contributed by atoms with Crippen molar-refractivity contribution in [2.75, 3.05) is 6.61 Å². The summed E-state index contributed by atoms with van der Waals surface area (Å²) in [6, 6.07) is 6.57. The molecule has 5 nitrogen and oxygen atoms in total. The second-order valence-corrected chi connectivity index (χ2v) is 8.41. The number of carboxylic acid groups (broad SMARTS) is 1. The molecule has 0 spiro atoms. The molecule has 0 radical (unpaired) electrons. The Bertz CT molecular complexity index is 843. The smallest absolute Gasteiger partial charge is 0.335 e. The summed E-state index contributed by atoms with van der Waals surface area (Å²) < 4.78 is 19.6. The Morgan fingerprint density at radius 1 is 1.28 bits per heavy atom. The van der Waals surface area contributed by atoms with E-state index in [1.807, 2.05) is 13.8 Å². The van der Waals surface area contributed by atoms with Gasteiger partial charge in [0.25, 0.3) is 0 Å². The molecule has 0 aliphatic heterocycles. The van der Waals surface area contributed by atoms with Crippen molar-refractivity contribution in [2.24, 2.45) is 5.92 Å². The highest BCUT2D eigenvalue weighted by molar-refractivity contribution is 6.30. The molecule has 0 heterocycles. The summed E-state index contributed by atoms with van der Waals surface area (Å²) in [6.45, 7) is 3.96. The van der Waals surface area contributed by atoms with Crippen LogP contribution in [0.3, 0.4) is 0 Å². The molecule has 156 valence electrons. The molecule has 1 amide bonds. The first-order valence-corrected chi connectivity index (χ1v) is 10.1. The van der Waals surface area contributed by atoms with Gasteiger partial charge in [0.2, 0.25) is 5.91 Å². The maximum Gasteiger partial charge on any atom is 0.335 e. The number of halogens is 2. The van der Waals surface area contributed by atoms with Gasteiger partial charge < -0.3 is 15.2 Å². The van der Waals surface area contributed by atoms with Crippen LogP contribution in [0.1, 0.15) is 49.0 Å². The molecule has 2 aliphatic carbocycles. The molecule has 1 saturated carbocycles. The SMILES string of the molecule is CC(C)C(OCC1=CC=C(Cl)C(F)C1)C(=O)NC1(c2ccc(C(=O)O)cc2)CC1. The van der Waals surface area contributed by atoms with Crippen LogP contribution >= 0.6 is 11.6 Å². The van der Waals surface area contributed by atoms with Crippen LogP contribution in [0.15, 0.2) is 47.0 Å². The fourth-order valence-corrected chi connectivity index (χ4v) is 3.56. The van der Waals surface area contributed by atoms with Crippen molar-refractivity contribution < 1.29 is 23.8 Å². The van der Waals surface area contributed by atoms with E-state index in [-0.39, 0.29) is 35.4 Å². The molecule has 0 aromatic heterocycles. The normalized spacial score (nSPS) is 21.2. The number of rotatable bonds is 8. The van der Waals surface area contributed by atoms with Crippen LogP contribution in [0.5, 0.6) is 0 Å². The number of hydrogen-bond donors (Lipinski definition) is 2. The first kappa shape index (κ1) is 21.5. The third-order valence-electron chi connectivity index (χ3n) is 5.33. The third kappa shape index (κ3) is 5.06. The molecule has 2 atom stereocenters. The summed E-state index contributed by atoms with van der Waals surface area (Å²) in [5, 5.41) is 12.3. The number of alkyl halides is 1. The van der Waals surface area contributed by atoms with Crippen molar-refractivity contribution in [2.45, 2.75) is 50.9 Å². The van der Waals surface area contributed by atoms with Crippen LogP contribution in [0.4, 0.5) is 4.39 Å². The number of allylic oxidation sites excluding steroid dienone is 3. The molecule has 3 rings (SSSR count). The Balaban J connectivity index is 1.64. The quantitative estimate of drug-likeness (QED) is 0.655. The molecular formula is C22H25ClFNO4. The maximum absolute atomic E-state index is 13.8. The predicted octanol–water partition coefficient (Wildman–Crippen LogP) is 4.32. The van der Waals surface area contributed by atoms with Crippen LogP contribution in [-0.4, -0.2) is 35.9 Å². The monoisotopic (exact) mass is 421 g/mol. The first-order valence-electron chi connectivity index (χ1n) is 9.68. The van der Waals surface area contributed by atoms with E-state index < -0.39 is 23.8 Å². The Morgan fingerprint density at radius 3 is 2.45 bits per heavy atom. The second-order valence-electron chi connectivity index (χ2n) is 7.98. The standard InChI is InChI=1S/C22H25ClFNO4/c1-13(2)19(29-12-14-3-8-17(23)18(24)11-14)20(26)25-22(9-10-22)16-6-4-15(5-7-16)21(27)28/h3-8,13,18-19H,9-12H2,1-2H3,(H,25,26)(H,27,28). The summed E-state index contributed by atoms with van der Waals surface area (Å²) in [6.07, 6.45) is 3.10. The van der Waals surface area contributed by atoms with Crippen LogP contribution in [0.2, 0.25) is 0 Å². The summed E-state index contributed by atoms with van der Waals surface area (Å²) in [4.78, 5) is 24.0. The number of benzene rings is 1. The minimum Gasteiger partial charge on any atom is -0.478 e. The van der Waals surface area contributed by atoms with Gasteiger partial charge in [-0.25, -0.2) is 9.18 Å². The number of carboxylic acids is 1. The number of aromatic carboxylic acids is 1. The van der Waals surface area contributed by atoms with Gasteiger partial charge in [0.15, 0.2) is 0 Å². The lowest BCUT2D eigenvalue weighted by Gasteiger charge is -2.26. The van der Waals surface area contributed by atoms with E-state index in [2.05, 4.69) is 5.32 Å². The Kier molecular flexibility index (Phi) is 6.44. The van der Waals surface area contributed by atoms with Gasteiger partial charge in [-0.05, 0) is 48.1 Å². The van der Waals surface area contributed by atoms with Gasteiger partial charge in [0.1, 0.15) is 12.3 Å². The number of ether oxygens (including phenoxy) is 1. The van der Waals surface area contributed by atoms with Crippen LogP contribution in [-0.2, 0) is 15.1 Å². The van der Waals surface area contributed by atoms with Crippen LogP contribution < -0.4 is 5.32 Å². The minimum absolute atomic E-state index is 0.0651. The molecule has 2 N–H and O–H groups in total. The highest BCUT2D eigenvalue weighted by Gasteiger charge is 2.47. The molecule has 0 bridgehead atoms. The van der Waals surface area contributed by atoms with Crippen molar-refractivity contribution in [1.82, 2.24) is 5.32 Å². The number of hydrogen-bond acceptors (Lipinski definition) is 3. The molecule has 7 heteroatoms. The lowest BCUT2D eigenvalue weighted by molar-refractivity contribution is -0.136. The van der Waals surface area contributed by atoms with Gasteiger partial charge in [-0.1, -0.05) is 43.7 Å². The van der Waals surface area contributed by atoms with Crippen molar-refractivity contribution in [1.29, 1.82) is 0 Å². The van der Waals surface area contributed by atoms with Crippen molar-refractivity contribution in [3.05, 3.63) is 58.1 Å². The van der Waals surface area contributed by atoms with Crippen LogP contribution in [0, 0.1) is 5.92 Å². The Hall–Kier alpha value is -2.18. The minimum atomic E-state index is -1.23. The van der Waals surface area contributed by atoms with E-state index in [4.69, 9.17) is 21.4 Å². The average molecular weight is 422 g/mol. The molecule has 2 unspecified atom stereocenters. The molecule has 2 aliphatic rings. The van der Waals surface area contributed by atoms with Crippen molar-refractivity contribution >= 4 is 23.5 Å². The van der Waals surface area contributed by atoms with Gasteiger partial charge in [-0.2, -0.15) is 0 Å². The lowest BCUT2D eigenvalue weighted by atomic mass is 10.0. The van der Waals surface area contributed by atoms with Gasteiger partial charge in [0.05, 0.1) is 22.7 Å². The number of carbonyl (C=O) groups is 2. The fraction of sp³-hybridized carbons (Fsp3) is 0.455. The molecule has 29 heavy (non-hydrogen) atoms. The maximum atomic E-state index is 13.8. The first-order chi connectivity index (χ1) is 13.7. The molecule has 1 aromatic carbocycles. The summed E-state index contributed by atoms with van der Waals surface area (Å²) in [5.74, 6) is -1.27. The molecule has 1 fully saturated rings. The number of nitrogens with one attached hydrogen (secondary N) is 1.